The van der Waals surface area contributed by atoms with Gasteiger partial charge in [0.1, 0.15) is 10.9 Å². The molecule has 0 bridgehead atoms. The zero-order valence-electron chi connectivity index (χ0n) is 24.1. The van der Waals surface area contributed by atoms with E-state index in [0.717, 1.165) is 43.6 Å². The molecule has 1 fully saturated rings. The zero-order valence-corrected chi connectivity index (χ0v) is 25.7. The SMILES string of the molecule is CCC(NS(=O)(=O)c1ccc(-c2sc(-c3nnc(CC(C)(C)C(=O)OC)o3)nc2CC2CCC2)c(C(F)F)c1F)C(F)(F)F. The number of nitrogens with zero attached hydrogens (tertiary/aromatic N) is 3. The van der Waals surface area contributed by atoms with Gasteiger partial charge in [0.15, 0.2) is 10.8 Å². The Morgan fingerprint density at radius 2 is 1.89 bits per heavy atom. The molecule has 44 heavy (non-hydrogen) atoms. The van der Waals surface area contributed by atoms with E-state index in [1.54, 1.807) is 13.8 Å². The predicted molar refractivity (Wildman–Crippen MR) is 147 cm³/mol. The molecule has 0 spiro atoms. The normalized spacial score (nSPS) is 15.4. The number of esters is 1. The van der Waals surface area contributed by atoms with Crippen molar-refractivity contribution in [2.75, 3.05) is 7.11 Å². The van der Waals surface area contributed by atoms with Crippen molar-refractivity contribution in [1.82, 2.24) is 19.9 Å². The van der Waals surface area contributed by atoms with E-state index in [-0.39, 0.29) is 39.6 Å². The summed E-state index contributed by atoms with van der Waals surface area (Å²) < 4.78 is 121. The summed E-state index contributed by atoms with van der Waals surface area (Å²) >= 11 is 0.843. The third-order valence-electron chi connectivity index (χ3n) is 7.38. The van der Waals surface area contributed by atoms with Crippen LogP contribution in [0.1, 0.15) is 70.0 Å². The summed E-state index contributed by atoms with van der Waals surface area (Å²) in [6, 6.07) is -0.945. The fourth-order valence-electron chi connectivity index (χ4n) is 4.72. The highest BCUT2D eigenvalue weighted by Crippen LogP contribution is 2.44. The number of hydrogen-bond acceptors (Lipinski definition) is 9. The maximum Gasteiger partial charge on any atom is 0.404 e. The number of sulfonamides is 1. The van der Waals surface area contributed by atoms with Crippen LogP contribution in [0.2, 0.25) is 0 Å². The van der Waals surface area contributed by atoms with Gasteiger partial charge in [0.25, 0.3) is 12.3 Å². The molecule has 1 atom stereocenters. The van der Waals surface area contributed by atoms with Crippen LogP contribution in [0.5, 0.6) is 0 Å². The molecule has 242 valence electrons. The van der Waals surface area contributed by atoms with E-state index < -0.39 is 62.7 Å². The van der Waals surface area contributed by atoms with Gasteiger partial charge in [-0.1, -0.05) is 32.3 Å². The number of methoxy groups -OCH3 is 1. The Bertz CT molecular complexity index is 1620. The Balaban J connectivity index is 1.77. The Morgan fingerprint density at radius 1 is 1.20 bits per heavy atom. The van der Waals surface area contributed by atoms with Gasteiger partial charge in [0.2, 0.25) is 15.9 Å². The fourth-order valence-corrected chi connectivity index (χ4v) is 7.17. The van der Waals surface area contributed by atoms with Crippen LogP contribution in [0.4, 0.5) is 26.3 Å². The molecule has 1 aromatic carbocycles. The summed E-state index contributed by atoms with van der Waals surface area (Å²) in [5.74, 6) is -2.19. The number of aromatic nitrogens is 3. The number of benzene rings is 1. The number of alkyl halides is 5. The molecule has 1 unspecified atom stereocenters. The lowest BCUT2D eigenvalue weighted by Gasteiger charge is -2.25. The van der Waals surface area contributed by atoms with Crippen molar-refractivity contribution < 1.29 is 48.7 Å². The summed E-state index contributed by atoms with van der Waals surface area (Å²) in [5.41, 5.74) is -2.32. The predicted octanol–water partition coefficient (Wildman–Crippen LogP) is 6.64. The van der Waals surface area contributed by atoms with Crippen molar-refractivity contribution in [3.63, 3.8) is 0 Å². The molecule has 1 saturated carbocycles. The Hall–Kier alpha value is -3.05. The van der Waals surface area contributed by atoms with E-state index >= 15 is 4.39 Å². The molecule has 1 aliphatic rings. The van der Waals surface area contributed by atoms with Crippen LogP contribution in [0.3, 0.4) is 0 Å². The average molecular weight is 669 g/mol. The van der Waals surface area contributed by atoms with Gasteiger partial charge >= 0.3 is 12.1 Å². The van der Waals surface area contributed by atoms with Crippen LogP contribution in [0.15, 0.2) is 21.4 Å². The molecule has 2 heterocycles. The number of halogens is 6. The first-order valence-corrected chi connectivity index (χ1v) is 15.9. The average Bonchev–Trinajstić information content (AvgIpc) is 3.54. The molecule has 1 aliphatic carbocycles. The van der Waals surface area contributed by atoms with Crippen molar-refractivity contribution in [2.45, 2.75) is 82.8 Å². The number of ether oxygens (including phenoxy) is 1. The fraction of sp³-hybridized carbons (Fsp3) is 0.556. The van der Waals surface area contributed by atoms with Crippen LogP contribution in [0.25, 0.3) is 21.3 Å². The van der Waals surface area contributed by atoms with Crippen molar-refractivity contribution >= 4 is 27.3 Å². The molecule has 3 aromatic rings. The first kappa shape index (κ1) is 33.8. The second-order valence-corrected chi connectivity index (χ2v) is 13.8. The highest BCUT2D eigenvalue weighted by atomic mass is 32.2. The van der Waals surface area contributed by atoms with Gasteiger partial charge in [-0.15, -0.1) is 21.5 Å². The number of nitrogens with one attached hydrogen (secondary N) is 1. The van der Waals surface area contributed by atoms with Crippen LogP contribution in [-0.2, 0) is 32.4 Å². The van der Waals surface area contributed by atoms with Gasteiger partial charge < -0.3 is 9.15 Å². The van der Waals surface area contributed by atoms with E-state index in [2.05, 4.69) is 15.2 Å². The minimum absolute atomic E-state index is 0.0256. The topological polar surface area (TPSA) is 124 Å². The van der Waals surface area contributed by atoms with Gasteiger partial charge in [0.05, 0.1) is 28.7 Å². The Morgan fingerprint density at radius 3 is 2.43 bits per heavy atom. The van der Waals surface area contributed by atoms with Crippen molar-refractivity contribution in [3.8, 4) is 21.3 Å². The molecule has 9 nitrogen and oxygen atoms in total. The first-order valence-electron chi connectivity index (χ1n) is 13.6. The maximum atomic E-state index is 15.6. The second kappa shape index (κ2) is 12.7. The van der Waals surface area contributed by atoms with E-state index in [1.807, 2.05) is 0 Å². The quantitative estimate of drug-likeness (QED) is 0.168. The molecule has 2 aromatic heterocycles. The lowest BCUT2D eigenvalue weighted by atomic mass is 9.81. The Kier molecular flexibility index (Phi) is 9.80. The van der Waals surface area contributed by atoms with Gasteiger partial charge in [-0.3, -0.25) is 4.79 Å². The largest absolute Gasteiger partial charge is 0.469 e. The molecular weight excluding hydrogens is 638 g/mol. The number of rotatable bonds is 12. The van der Waals surface area contributed by atoms with Gasteiger partial charge in [-0.25, -0.2) is 26.6 Å². The lowest BCUT2D eigenvalue weighted by molar-refractivity contribution is -0.152. The maximum absolute atomic E-state index is 15.6. The third kappa shape index (κ3) is 7.09. The van der Waals surface area contributed by atoms with E-state index in [0.29, 0.717) is 18.2 Å². The van der Waals surface area contributed by atoms with Crippen molar-refractivity contribution in [3.05, 3.63) is 35.1 Å². The van der Waals surface area contributed by atoms with E-state index in [9.17, 15) is 35.2 Å². The molecule has 0 saturated heterocycles. The minimum Gasteiger partial charge on any atom is -0.469 e. The molecule has 0 radical (unpaired) electrons. The molecule has 4 rings (SSSR count). The summed E-state index contributed by atoms with van der Waals surface area (Å²) in [6.07, 6.45) is -6.16. The number of thiazole rings is 1. The molecule has 0 amide bonds. The Labute approximate surface area is 253 Å². The summed E-state index contributed by atoms with van der Waals surface area (Å²) in [5, 5.41) is 8.04. The summed E-state index contributed by atoms with van der Waals surface area (Å²) in [7, 11) is -3.94. The third-order valence-corrected chi connectivity index (χ3v) is 9.99. The number of carbonyl (C=O) groups excluding carboxylic acids is 1. The van der Waals surface area contributed by atoms with Crippen LogP contribution < -0.4 is 4.72 Å². The zero-order chi connectivity index (χ0) is 32.6. The molecular formula is C27H30F6N4O5S2. The number of hydrogen-bond donors (Lipinski definition) is 1. The highest BCUT2D eigenvalue weighted by molar-refractivity contribution is 7.89. The lowest BCUT2D eigenvalue weighted by Crippen LogP contribution is -2.45. The minimum atomic E-state index is -5.18. The summed E-state index contributed by atoms with van der Waals surface area (Å²) in [4.78, 5) is 15.4. The van der Waals surface area contributed by atoms with Crippen molar-refractivity contribution in [1.29, 1.82) is 0 Å². The standard InChI is InChI=1S/C27H30F6N4O5S2/c1-5-17(27(31,32)33)37-44(39,40)16-10-9-14(19(20(16)28)22(29)30)21-15(11-13-7-6-8-13)34-24(43-21)23-36-35-18(42-23)12-26(2,3)25(38)41-4/h9-10,13,17,22,37H,5-8,11-12H2,1-4H3. The smallest absolute Gasteiger partial charge is 0.404 e. The molecule has 17 heteroatoms. The summed E-state index contributed by atoms with van der Waals surface area (Å²) in [6.45, 7) is 4.31. The van der Waals surface area contributed by atoms with Crippen molar-refractivity contribution in [2.24, 2.45) is 11.3 Å². The van der Waals surface area contributed by atoms with E-state index in [4.69, 9.17) is 9.15 Å². The second-order valence-electron chi connectivity index (χ2n) is 11.1. The van der Waals surface area contributed by atoms with E-state index in [1.165, 1.54) is 11.8 Å². The van der Waals surface area contributed by atoms with Gasteiger partial charge in [0, 0.05) is 12.0 Å². The highest BCUT2D eigenvalue weighted by Gasteiger charge is 2.42. The van der Waals surface area contributed by atoms with Gasteiger partial charge in [-0.05, 0) is 38.7 Å². The first-order chi connectivity index (χ1) is 20.5. The number of carbonyl (C=O) groups is 1. The van der Waals surface area contributed by atoms with Crippen LogP contribution in [0, 0.1) is 17.2 Å². The molecule has 1 N–H and O–H groups in total. The van der Waals surface area contributed by atoms with Crippen LogP contribution in [-0.4, -0.2) is 48.9 Å². The van der Waals surface area contributed by atoms with Crippen LogP contribution >= 0.6 is 11.3 Å². The monoisotopic (exact) mass is 668 g/mol. The van der Waals surface area contributed by atoms with Gasteiger partial charge in [-0.2, -0.15) is 17.9 Å². The molecule has 0 aliphatic heterocycles.